The number of hydrogen-bond acceptors (Lipinski definition) is 2. The number of rotatable bonds is 1. The predicted molar refractivity (Wildman–Crippen MR) is 61.5 cm³/mol. The molecule has 1 saturated heterocycles. The molecule has 84 valence electrons. The highest BCUT2D eigenvalue weighted by molar-refractivity contribution is 5.70. The van der Waals surface area contributed by atoms with Crippen LogP contribution in [0.3, 0.4) is 0 Å². The van der Waals surface area contributed by atoms with Crippen LogP contribution < -0.4 is 0 Å². The van der Waals surface area contributed by atoms with E-state index >= 15 is 0 Å². The topological polar surface area (TPSA) is 26.3 Å². The highest BCUT2D eigenvalue weighted by atomic mass is 16.5. The summed E-state index contributed by atoms with van der Waals surface area (Å²) in [6.45, 7) is 4.00. The van der Waals surface area contributed by atoms with Crippen LogP contribution in [0.5, 0.6) is 0 Å². The van der Waals surface area contributed by atoms with Gasteiger partial charge in [-0.25, -0.2) is 0 Å². The molecule has 0 N–H and O–H groups in total. The van der Waals surface area contributed by atoms with Crippen molar-refractivity contribution in [2.75, 3.05) is 0 Å². The third-order valence-corrected chi connectivity index (χ3v) is 2.52. The summed E-state index contributed by atoms with van der Waals surface area (Å²) in [7, 11) is 0. The van der Waals surface area contributed by atoms with Crippen LogP contribution in [0.2, 0.25) is 0 Å². The molecule has 2 heteroatoms. The van der Waals surface area contributed by atoms with Gasteiger partial charge >= 0.3 is 5.97 Å². The summed E-state index contributed by atoms with van der Waals surface area (Å²) in [5.74, 6) is -0.0453. The molecule has 0 amide bonds. The minimum atomic E-state index is -0.0453. The second-order valence-corrected chi connectivity index (χ2v) is 3.55. The van der Waals surface area contributed by atoms with Gasteiger partial charge in [0, 0.05) is 6.42 Å². The summed E-state index contributed by atoms with van der Waals surface area (Å²) < 4.78 is 5.27. The van der Waals surface area contributed by atoms with Crippen molar-refractivity contribution in [1.29, 1.82) is 0 Å². The van der Waals surface area contributed by atoms with E-state index in [9.17, 15) is 4.79 Å². The number of ether oxygens (including phenoxy) is 1. The van der Waals surface area contributed by atoms with E-state index in [1.54, 1.807) is 0 Å². The zero-order valence-electron chi connectivity index (χ0n) is 9.66. The first-order valence-electron chi connectivity index (χ1n) is 5.92. The van der Waals surface area contributed by atoms with E-state index < -0.39 is 0 Å². The average Bonchev–Trinajstić information content (AvgIpc) is 2.33. The van der Waals surface area contributed by atoms with E-state index in [0.717, 1.165) is 25.7 Å². The smallest absolute Gasteiger partial charge is 0.306 e. The van der Waals surface area contributed by atoms with Gasteiger partial charge in [-0.15, -0.1) is 0 Å². The van der Waals surface area contributed by atoms with Crippen molar-refractivity contribution in [3.8, 4) is 0 Å². The molecule has 0 radical (unpaired) electrons. The monoisotopic (exact) mass is 208 g/mol. The summed E-state index contributed by atoms with van der Waals surface area (Å²) in [6.07, 6.45) is 11.2. The average molecular weight is 208 g/mol. The minimum absolute atomic E-state index is 0.0396. The molecule has 1 unspecified atom stereocenters. The van der Waals surface area contributed by atoms with Crippen molar-refractivity contribution in [2.24, 2.45) is 0 Å². The lowest BCUT2D eigenvalue weighted by atomic mass is 9.97. The Morgan fingerprint density at radius 3 is 2.73 bits per heavy atom. The van der Waals surface area contributed by atoms with E-state index in [1.165, 1.54) is 5.57 Å². The Kier molecular flexibility index (Phi) is 5.16. The highest BCUT2D eigenvalue weighted by Crippen LogP contribution is 2.24. The molecular weight excluding hydrogens is 188 g/mol. The molecule has 0 bridgehead atoms. The van der Waals surface area contributed by atoms with E-state index in [-0.39, 0.29) is 12.1 Å². The maximum atomic E-state index is 11.0. The largest absolute Gasteiger partial charge is 0.457 e. The minimum Gasteiger partial charge on any atom is -0.457 e. The fraction of sp³-hybridized carbons (Fsp3) is 0.615. The Morgan fingerprint density at radius 1 is 1.33 bits per heavy atom. The van der Waals surface area contributed by atoms with Gasteiger partial charge in [0.2, 0.25) is 0 Å². The van der Waals surface area contributed by atoms with Crippen molar-refractivity contribution in [1.82, 2.24) is 0 Å². The molecule has 0 aromatic heterocycles. The molecule has 2 rings (SSSR count). The molecule has 1 fully saturated rings. The van der Waals surface area contributed by atoms with E-state index in [2.05, 4.69) is 18.2 Å². The Balaban J connectivity index is 0.000000531. The molecule has 1 aliphatic carbocycles. The zero-order valence-corrected chi connectivity index (χ0v) is 9.66. The van der Waals surface area contributed by atoms with Gasteiger partial charge in [0.25, 0.3) is 0 Å². The molecule has 2 aliphatic rings. The van der Waals surface area contributed by atoms with Gasteiger partial charge < -0.3 is 4.74 Å². The first kappa shape index (κ1) is 12.0. The van der Waals surface area contributed by atoms with E-state index in [4.69, 9.17) is 4.74 Å². The molecule has 2 nitrogen and oxygen atoms in total. The second-order valence-electron chi connectivity index (χ2n) is 3.55. The van der Waals surface area contributed by atoms with Crippen LogP contribution in [-0.2, 0) is 9.53 Å². The van der Waals surface area contributed by atoms with Crippen molar-refractivity contribution in [3.05, 3.63) is 23.8 Å². The van der Waals surface area contributed by atoms with Gasteiger partial charge in [-0.2, -0.15) is 0 Å². The summed E-state index contributed by atoms with van der Waals surface area (Å²) in [5, 5.41) is 0. The molecule has 0 saturated carbocycles. The lowest BCUT2D eigenvalue weighted by Crippen LogP contribution is -2.25. The third-order valence-electron chi connectivity index (χ3n) is 2.52. The highest BCUT2D eigenvalue weighted by Gasteiger charge is 2.22. The van der Waals surface area contributed by atoms with Gasteiger partial charge in [0.1, 0.15) is 6.10 Å². The first-order chi connectivity index (χ1) is 7.36. The van der Waals surface area contributed by atoms with Crippen LogP contribution in [0.25, 0.3) is 0 Å². The molecule has 0 spiro atoms. The van der Waals surface area contributed by atoms with Crippen LogP contribution in [0.1, 0.15) is 46.0 Å². The van der Waals surface area contributed by atoms with Gasteiger partial charge in [-0.3, -0.25) is 4.79 Å². The van der Waals surface area contributed by atoms with Crippen LogP contribution in [0.4, 0.5) is 0 Å². The second kappa shape index (κ2) is 6.44. The predicted octanol–water partition coefficient (Wildman–Crippen LogP) is 3.38. The van der Waals surface area contributed by atoms with Gasteiger partial charge in [-0.05, 0) is 31.3 Å². The zero-order chi connectivity index (χ0) is 11.1. The van der Waals surface area contributed by atoms with Crippen molar-refractivity contribution in [2.45, 2.75) is 52.1 Å². The van der Waals surface area contributed by atoms with Crippen molar-refractivity contribution in [3.63, 3.8) is 0 Å². The van der Waals surface area contributed by atoms with Crippen LogP contribution in [-0.4, -0.2) is 12.1 Å². The summed E-state index contributed by atoms with van der Waals surface area (Å²) in [5.41, 5.74) is 1.19. The Morgan fingerprint density at radius 2 is 2.13 bits per heavy atom. The summed E-state index contributed by atoms with van der Waals surface area (Å²) in [4.78, 5) is 11.0. The molecule has 0 aromatic carbocycles. The molecule has 1 aliphatic heterocycles. The lowest BCUT2D eigenvalue weighted by molar-refractivity contribution is -0.151. The van der Waals surface area contributed by atoms with E-state index in [1.807, 2.05) is 13.8 Å². The van der Waals surface area contributed by atoms with Crippen molar-refractivity contribution < 1.29 is 9.53 Å². The number of allylic oxidation sites excluding steroid dienone is 2. The van der Waals surface area contributed by atoms with E-state index in [0.29, 0.717) is 6.42 Å². The lowest BCUT2D eigenvalue weighted by Gasteiger charge is -2.24. The summed E-state index contributed by atoms with van der Waals surface area (Å²) >= 11 is 0. The van der Waals surface area contributed by atoms with Crippen molar-refractivity contribution >= 4 is 5.97 Å². The standard InChI is InChI=1S/C11H14O2.C2H6/c12-11-8-4-7-10(13-11)9-5-2-1-3-6-9;1-2/h2,5-6,10H,1,3-4,7-8H2;1-2H3. The SMILES string of the molecule is CC.O=C1CCCC(C2=CCCC=C2)O1. The fourth-order valence-corrected chi connectivity index (χ4v) is 1.82. The first-order valence-corrected chi connectivity index (χ1v) is 5.92. The number of esters is 1. The van der Waals surface area contributed by atoms with Crippen LogP contribution in [0, 0.1) is 0 Å². The number of carbonyl (C=O) groups is 1. The number of hydrogen-bond donors (Lipinski definition) is 0. The molecule has 1 atom stereocenters. The Bertz CT molecular complexity index is 264. The maximum Gasteiger partial charge on any atom is 0.306 e. The van der Waals surface area contributed by atoms with Gasteiger partial charge in [-0.1, -0.05) is 32.1 Å². The Hall–Kier alpha value is -1.05. The fourth-order valence-electron chi connectivity index (χ4n) is 1.82. The number of cyclic esters (lactones) is 1. The molecule has 15 heavy (non-hydrogen) atoms. The Labute approximate surface area is 92.0 Å². The summed E-state index contributed by atoms with van der Waals surface area (Å²) in [6, 6.07) is 0. The normalized spacial score (nSPS) is 24.8. The quantitative estimate of drug-likeness (QED) is 0.617. The van der Waals surface area contributed by atoms with Crippen LogP contribution >= 0.6 is 0 Å². The van der Waals surface area contributed by atoms with Gasteiger partial charge in [0.05, 0.1) is 0 Å². The maximum absolute atomic E-state index is 11.0. The number of carbonyl (C=O) groups excluding carboxylic acids is 1. The third kappa shape index (κ3) is 3.54. The molecule has 0 aromatic rings. The molecular formula is C13H20O2. The molecule has 1 heterocycles. The van der Waals surface area contributed by atoms with Gasteiger partial charge in [0.15, 0.2) is 0 Å². The van der Waals surface area contributed by atoms with Crippen LogP contribution in [0.15, 0.2) is 23.8 Å².